The minimum atomic E-state index is -3.84. The number of carboxylic acid groups (broad SMARTS) is 1. The molecule has 1 N–H and O–H groups in total. The molecule has 0 bridgehead atoms. The van der Waals surface area contributed by atoms with Crippen molar-refractivity contribution in [3.8, 4) is 0 Å². The van der Waals surface area contributed by atoms with E-state index in [1.165, 1.54) is 43.4 Å². The highest BCUT2D eigenvalue weighted by molar-refractivity contribution is 7.89. The molecule has 1 fully saturated rings. The van der Waals surface area contributed by atoms with E-state index >= 15 is 0 Å². The van der Waals surface area contributed by atoms with Gasteiger partial charge in [0.05, 0.1) is 6.54 Å². The number of hydrogen-bond donors (Lipinski definition) is 1. The highest BCUT2D eigenvalue weighted by Gasteiger charge is 2.39. The van der Waals surface area contributed by atoms with Gasteiger partial charge in [0.1, 0.15) is 10.9 Å². The zero-order valence-corrected chi connectivity index (χ0v) is 13.7. The van der Waals surface area contributed by atoms with Gasteiger partial charge in [-0.3, -0.25) is 9.78 Å². The van der Waals surface area contributed by atoms with Gasteiger partial charge in [-0.1, -0.05) is 0 Å². The molecule has 2 rings (SSSR count). The van der Waals surface area contributed by atoms with Crippen LogP contribution in [-0.2, 0) is 19.6 Å². The van der Waals surface area contributed by atoms with Crippen LogP contribution < -0.4 is 0 Å². The predicted molar refractivity (Wildman–Crippen MR) is 81.0 cm³/mol. The predicted octanol–water partition coefficient (Wildman–Crippen LogP) is 0.166. The van der Waals surface area contributed by atoms with Crippen molar-refractivity contribution in [3.63, 3.8) is 0 Å². The first-order valence-corrected chi connectivity index (χ1v) is 8.59. The number of sulfonamides is 1. The van der Waals surface area contributed by atoms with Gasteiger partial charge in [0.2, 0.25) is 15.9 Å². The zero-order chi connectivity index (χ0) is 17.2. The van der Waals surface area contributed by atoms with E-state index in [0.29, 0.717) is 0 Å². The van der Waals surface area contributed by atoms with Crippen molar-refractivity contribution in [2.75, 3.05) is 13.6 Å². The first-order valence-electron chi connectivity index (χ1n) is 7.15. The van der Waals surface area contributed by atoms with Crippen molar-refractivity contribution >= 4 is 21.9 Å². The second-order valence-corrected chi connectivity index (χ2v) is 7.54. The van der Waals surface area contributed by atoms with Crippen molar-refractivity contribution in [1.29, 1.82) is 0 Å². The van der Waals surface area contributed by atoms with Crippen molar-refractivity contribution in [1.82, 2.24) is 14.2 Å². The number of rotatable bonds is 7. The van der Waals surface area contributed by atoms with Gasteiger partial charge < -0.3 is 10.0 Å². The van der Waals surface area contributed by atoms with Crippen molar-refractivity contribution in [3.05, 3.63) is 24.5 Å². The Bertz CT molecular complexity index is 688. The number of hydrogen-bond acceptors (Lipinski definition) is 5. The molecule has 1 aliphatic carbocycles. The molecule has 1 aliphatic rings. The third kappa shape index (κ3) is 3.85. The van der Waals surface area contributed by atoms with Crippen LogP contribution in [0.5, 0.6) is 0 Å². The fraction of sp³-hybridized carbons (Fsp3) is 0.500. The second kappa shape index (κ2) is 6.63. The molecule has 8 nitrogen and oxygen atoms in total. The van der Waals surface area contributed by atoms with Gasteiger partial charge in [-0.15, -0.1) is 0 Å². The standard InChI is InChI=1S/C14H19N3O5S/c1-10(14(19)20)17(11-5-6-11)13(18)9-16(2)23(21,22)12-4-3-7-15-8-12/h3-4,7-8,10-11H,5-6,9H2,1-2H3,(H,19,20). The van der Waals surface area contributed by atoms with Gasteiger partial charge in [0, 0.05) is 25.5 Å². The zero-order valence-electron chi connectivity index (χ0n) is 12.9. The highest BCUT2D eigenvalue weighted by Crippen LogP contribution is 2.29. The van der Waals surface area contributed by atoms with Crippen molar-refractivity contribution in [2.24, 2.45) is 0 Å². The Morgan fingerprint density at radius 2 is 2.09 bits per heavy atom. The highest BCUT2D eigenvalue weighted by atomic mass is 32.2. The number of nitrogens with zero attached hydrogens (tertiary/aromatic N) is 3. The summed E-state index contributed by atoms with van der Waals surface area (Å²) in [5, 5.41) is 9.12. The van der Waals surface area contributed by atoms with Gasteiger partial charge >= 0.3 is 5.97 Å². The lowest BCUT2D eigenvalue weighted by molar-refractivity contribution is -0.150. The smallest absolute Gasteiger partial charge is 0.326 e. The summed E-state index contributed by atoms with van der Waals surface area (Å²) >= 11 is 0. The van der Waals surface area contributed by atoms with Crippen LogP contribution in [0.4, 0.5) is 0 Å². The fourth-order valence-electron chi connectivity index (χ4n) is 2.24. The second-order valence-electron chi connectivity index (χ2n) is 5.50. The molecule has 0 aromatic carbocycles. The number of carbonyl (C=O) groups is 2. The average Bonchev–Trinajstić information content (AvgIpc) is 3.32. The number of likely N-dealkylation sites (N-methyl/N-ethyl adjacent to an activating group) is 1. The largest absolute Gasteiger partial charge is 0.480 e. The van der Waals surface area contributed by atoms with Crippen molar-refractivity contribution < 1.29 is 23.1 Å². The normalized spacial score (nSPS) is 16.1. The molecule has 1 aromatic rings. The maximum atomic E-state index is 12.4. The number of carbonyl (C=O) groups excluding carboxylic acids is 1. The van der Waals surface area contributed by atoms with Crippen LogP contribution in [0.3, 0.4) is 0 Å². The van der Waals surface area contributed by atoms with E-state index in [2.05, 4.69) is 4.98 Å². The summed E-state index contributed by atoms with van der Waals surface area (Å²) in [6.07, 6.45) is 4.13. The molecule has 0 radical (unpaired) electrons. The summed E-state index contributed by atoms with van der Waals surface area (Å²) in [6, 6.07) is 1.78. The van der Waals surface area contributed by atoms with Gasteiger partial charge in [0.25, 0.3) is 0 Å². The number of aliphatic carboxylic acids is 1. The van der Waals surface area contributed by atoms with Crippen LogP contribution in [0.15, 0.2) is 29.4 Å². The minimum Gasteiger partial charge on any atom is -0.480 e. The Hall–Kier alpha value is -2.00. The maximum Gasteiger partial charge on any atom is 0.326 e. The lowest BCUT2D eigenvalue weighted by Crippen LogP contribution is -2.49. The molecule has 1 heterocycles. The summed E-state index contributed by atoms with van der Waals surface area (Å²) in [5.74, 6) is -1.62. The minimum absolute atomic E-state index is 0.0143. The van der Waals surface area contributed by atoms with Gasteiger partial charge in [-0.05, 0) is 31.9 Å². The topological polar surface area (TPSA) is 108 Å². The molecule has 23 heavy (non-hydrogen) atoms. The van der Waals surface area contributed by atoms with Crippen LogP contribution in [0.2, 0.25) is 0 Å². The number of pyridine rings is 1. The number of carboxylic acids is 1. The Kier molecular flexibility index (Phi) is 5.00. The van der Waals surface area contributed by atoms with Gasteiger partial charge in [-0.2, -0.15) is 4.31 Å². The quantitative estimate of drug-likeness (QED) is 0.757. The first-order chi connectivity index (χ1) is 10.7. The van der Waals surface area contributed by atoms with Crippen molar-refractivity contribution in [2.45, 2.75) is 36.7 Å². The van der Waals surface area contributed by atoms with E-state index in [-0.39, 0.29) is 10.9 Å². The number of aromatic nitrogens is 1. The lowest BCUT2D eigenvalue weighted by Gasteiger charge is -2.28. The molecule has 1 unspecified atom stereocenters. The monoisotopic (exact) mass is 341 g/mol. The van der Waals surface area contributed by atoms with E-state index in [1.54, 1.807) is 0 Å². The lowest BCUT2D eigenvalue weighted by atomic mass is 10.2. The molecule has 0 aliphatic heterocycles. The molecule has 0 saturated heterocycles. The average molecular weight is 341 g/mol. The third-order valence-electron chi connectivity index (χ3n) is 3.70. The Morgan fingerprint density at radius 1 is 1.43 bits per heavy atom. The Labute approximate surface area is 134 Å². The van der Waals surface area contributed by atoms with Gasteiger partial charge in [0.15, 0.2) is 0 Å². The third-order valence-corrected chi connectivity index (χ3v) is 5.49. The molecule has 126 valence electrons. The molecule has 1 amide bonds. The molecule has 1 aromatic heterocycles. The first kappa shape index (κ1) is 17.4. The van der Waals surface area contributed by atoms with E-state index in [0.717, 1.165) is 17.1 Å². The summed E-state index contributed by atoms with van der Waals surface area (Å²) in [7, 11) is -2.55. The van der Waals surface area contributed by atoms with Crippen LogP contribution in [-0.4, -0.2) is 65.3 Å². The summed E-state index contributed by atoms with van der Waals surface area (Å²) < 4.78 is 25.7. The summed E-state index contributed by atoms with van der Waals surface area (Å²) in [6.45, 7) is 1.01. The summed E-state index contributed by atoms with van der Waals surface area (Å²) in [4.78, 5) is 28.6. The van der Waals surface area contributed by atoms with E-state index in [4.69, 9.17) is 5.11 Å². The molecule has 0 spiro atoms. The molecule has 9 heteroatoms. The Balaban J connectivity index is 2.13. The Morgan fingerprint density at radius 3 is 2.57 bits per heavy atom. The van der Waals surface area contributed by atoms with E-state index in [9.17, 15) is 18.0 Å². The van der Waals surface area contributed by atoms with E-state index in [1.807, 2.05) is 0 Å². The molecule has 1 saturated carbocycles. The molecular weight excluding hydrogens is 322 g/mol. The van der Waals surface area contributed by atoms with Crippen LogP contribution in [0.25, 0.3) is 0 Å². The summed E-state index contributed by atoms with van der Waals surface area (Å²) in [5.41, 5.74) is 0. The molecular formula is C14H19N3O5S. The number of amides is 1. The van der Waals surface area contributed by atoms with Crippen LogP contribution >= 0.6 is 0 Å². The molecule has 1 atom stereocenters. The maximum absolute atomic E-state index is 12.4. The SMILES string of the molecule is CC(C(=O)O)N(C(=O)CN(C)S(=O)(=O)c1cccnc1)C1CC1. The van der Waals surface area contributed by atoms with E-state index < -0.39 is 34.5 Å². The fourth-order valence-corrected chi connectivity index (χ4v) is 3.33. The van der Waals surface area contributed by atoms with Crippen LogP contribution in [0, 0.1) is 0 Å². The van der Waals surface area contributed by atoms with Crippen LogP contribution in [0.1, 0.15) is 19.8 Å². The van der Waals surface area contributed by atoms with Gasteiger partial charge in [-0.25, -0.2) is 13.2 Å².